The van der Waals surface area contributed by atoms with E-state index in [9.17, 15) is 30.6 Å². The van der Waals surface area contributed by atoms with Crippen LogP contribution in [-0.4, -0.2) is 9.13 Å². The third-order valence-electron chi connectivity index (χ3n) is 6.77. The Labute approximate surface area is 239 Å². The van der Waals surface area contributed by atoms with Crippen molar-refractivity contribution in [3.8, 4) is 57.9 Å². The molecule has 0 spiro atoms. The van der Waals surface area contributed by atoms with Gasteiger partial charge in [0.05, 0.1) is 11.4 Å². The number of anilines is 2. The molecule has 198 valence electrons. The summed E-state index contributed by atoms with van der Waals surface area (Å²) in [5.41, 5.74) is 12.2. The zero-order chi connectivity index (χ0) is 30.0. The van der Waals surface area contributed by atoms with Crippen LogP contribution in [0.2, 0.25) is 0 Å². The molecule has 10 nitrogen and oxygen atoms in total. The summed E-state index contributed by atoms with van der Waals surface area (Å²) >= 11 is 0. The van der Waals surface area contributed by atoms with Crippen molar-refractivity contribution in [2.24, 2.45) is 0 Å². The van der Waals surface area contributed by atoms with Gasteiger partial charge < -0.3 is 11.5 Å². The summed E-state index contributed by atoms with van der Waals surface area (Å²) < 4.78 is 2.08. The topological polar surface area (TPSA) is 191 Å². The van der Waals surface area contributed by atoms with Gasteiger partial charge in [-0.2, -0.15) is 21.0 Å². The molecule has 0 aliphatic heterocycles. The second-order valence-electron chi connectivity index (χ2n) is 9.00. The van der Waals surface area contributed by atoms with Crippen LogP contribution in [0.15, 0.2) is 94.5 Å². The monoisotopic (exact) mass is 546 g/mol. The van der Waals surface area contributed by atoms with E-state index >= 15 is 0 Å². The molecule has 4 N–H and O–H groups in total. The first-order valence-corrected chi connectivity index (χ1v) is 12.4. The lowest BCUT2D eigenvalue weighted by molar-refractivity contribution is 0.972. The van der Waals surface area contributed by atoms with Gasteiger partial charge >= 0.3 is 0 Å². The minimum atomic E-state index is -0.733. The lowest BCUT2D eigenvalue weighted by atomic mass is 9.96. The predicted octanol–water partition coefficient (Wildman–Crippen LogP) is 3.97. The van der Waals surface area contributed by atoms with E-state index in [4.69, 9.17) is 11.5 Å². The third-order valence-corrected chi connectivity index (χ3v) is 6.77. The number of hydrogen-bond donors (Lipinski definition) is 2. The van der Waals surface area contributed by atoms with E-state index in [1.54, 1.807) is 60.7 Å². The van der Waals surface area contributed by atoms with E-state index < -0.39 is 11.1 Å². The Morgan fingerprint density at radius 2 is 0.786 bits per heavy atom. The smallest absolute Gasteiger partial charge is 0.275 e. The van der Waals surface area contributed by atoms with Crippen LogP contribution in [-0.2, 0) is 0 Å². The quantitative estimate of drug-likeness (QED) is 0.338. The molecule has 42 heavy (non-hydrogen) atoms. The van der Waals surface area contributed by atoms with E-state index in [0.717, 1.165) is 9.13 Å². The van der Waals surface area contributed by atoms with Gasteiger partial charge in [0.1, 0.15) is 58.2 Å². The van der Waals surface area contributed by atoms with Crippen molar-refractivity contribution >= 4 is 11.6 Å². The molecular formula is C32H18N8O2. The molecule has 0 saturated heterocycles. The molecule has 0 saturated carbocycles. The Hall–Kier alpha value is -6.88. The van der Waals surface area contributed by atoms with Crippen LogP contribution < -0.4 is 22.6 Å². The fraction of sp³-hybridized carbons (Fsp3) is 0. The number of nitrogen functional groups attached to an aromatic ring is 2. The number of benzene rings is 3. The van der Waals surface area contributed by atoms with Crippen LogP contribution in [0, 0.1) is 45.3 Å². The molecular weight excluding hydrogens is 528 g/mol. The predicted molar refractivity (Wildman–Crippen MR) is 156 cm³/mol. The Kier molecular flexibility index (Phi) is 6.81. The van der Waals surface area contributed by atoms with E-state index in [0.29, 0.717) is 11.1 Å². The first kappa shape index (κ1) is 26.7. The van der Waals surface area contributed by atoms with Crippen molar-refractivity contribution in [3.63, 3.8) is 0 Å². The summed E-state index contributed by atoms with van der Waals surface area (Å²) in [6.45, 7) is 0. The highest BCUT2D eigenvalue weighted by molar-refractivity contribution is 5.82. The average molecular weight is 547 g/mol. The largest absolute Gasteiger partial charge is 0.384 e. The van der Waals surface area contributed by atoms with Crippen LogP contribution in [0.25, 0.3) is 33.6 Å². The minimum Gasteiger partial charge on any atom is -0.384 e. The summed E-state index contributed by atoms with van der Waals surface area (Å²) in [6.07, 6.45) is 0. The molecule has 0 radical (unpaired) electrons. The van der Waals surface area contributed by atoms with E-state index in [1.807, 2.05) is 24.3 Å². The molecule has 0 amide bonds. The summed E-state index contributed by atoms with van der Waals surface area (Å²) in [4.78, 5) is 27.0. The van der Waals surface area contributed by atoms with E-state index in [1.165, 1.54) is 24.3 Å². The second kappa shape index (κ2) is 10.7. The van der Waals surface area contributed by atoms with Crippen molar-refractivity contribution in [1.29, 1.82) is 21.0 Å². The normalized spacial score (nSPS) is 10.2. The lowest BCUT2D eigenvalue weighted by Gasteiger charge is -2.18. The molecule has 5 aromatic rings. The number of pyridine rings is 2. The molecule has 0 aliphatic rings. The number of nitrogens with zero attached hydrogens (tertiary/aromatic N) is 6. The number of aromatic nitrogens is 2. The fourth-order valence-corrected chi connectivity index (χ4v) is 4.87. The maximum Gasteiger partial charge on any atom is 0.275 e. The van der Waals surface area contributed by atoms with Gasteiger partial charge in [0.2, 0.25) is 0 Å². The number of rotatable bonds is 4. The Bertz CT molecular complexity index is 2010. The maximum absolute atomic E-state index is 13.5. The van der Waals surface area contributed by atoms with E-state index in [-0.39, 0.29) is 56.4 Å². The van der Waals surface area contributed by atoms with Crippen LogP contribution in [0.1, 0.15) is 22.3 Å². The average Bonchev–Trinajstić information content (AvgIpc) is 3.02. The highest BCUT2D eigenvalue weighted by Gasteiger charge is 2.24. The summed E-state index contributed by atoms with van der Waals surface area (Å²) in [5, 5.41) is 39.6. The Morgan fingerprint density at radius 1 is 0.476 bits per heavy atom. The second-order valence-corrected chi connectivity index (χ2v) is 9.00. The molecule has 0 unspecified atom stereocenters. The molecule has 0 aliphatic carbocycles. The van der Waals surface area contributed by atoms with Crippen molar-refractivity contribution in [2.45, 2.75) is 0 Å². The van der Waals surface area contributed by atoms with Gasteiger partial charge in [-0.1, -0.05) is 60.7 Å². The molecule has 0 bridgehead atoms. The Morgan fingerprint density at radius 3 is 1.07 bits per heavy atom. The van der Waals surface area contributed by atoms with Gasteiger partial charge in [0.15, 0.2) is 0 Å². The van der Waals surface area contributed by atoms with Gasteiger partial charge in [-0.25, -0.2) is 0 Å². The third kappa shape index (κ3) is 4.12. The SMILES string of the molecule is N#Cc1c(-c2ccccc2)c(C#N)c(=O)n(-c2ccc(-n3c(N)c(C#N)c(-c4ccccc4)c(C#N)c3=O)cc2)c1N. The van der Waals surface area contributed by atoms with Gasteiger partial charge in [0.25, 0.3) is 11.1 Å². The van der Waals surface area contributed by atoms with Gasteiger partial charge in [-0.3, -0.25) is 18.7 Å². The molecule has 3 aromatic carbocycles. The number of nitrogens with two attached hydrogens (primary N) is 2. The van der Waals surface area contributed by atoms with Gasteiger partial charge in [0, 0.05) is 11.1 Å². The zero-order valence-corrected chi connectivity index (χ0v) is 21.7. The highest BCUT2D eigenvalue weighted by Crippen LogP contribution is 2.32. The van der Waals surface area contributed by atoms with Gasteiger partial charge in [-0.15, -0.1) is 0 Å². The van der Waals surface area contributed by atoms with Gasteiger partial charge in [-0.05, 0) is 35.4 Å². The summed E-state index contributed by atoms with van der Waals surface area (Å²) in [6, 6.07) is 30.7. The van der Waals surface area contributed by atoms with Crippen molar-refractivity contribution in [1.82, 2.24) is 9.13 Å². The first-order chi connectivity index (χ1) is 20.4. The highest BCUT2D eigenvalue weighted by atomic mass is 16.1. The minimum absolute atomic E-state index is 0.0456. The first-order valence-electron chi connectivity index (χ1n) is 12.4. The van der Waals surface area contributed by atoms with Crippen LogP contribution in [0.5, 0.6) is 0 Å². The van der Waals surface area contributed by atoms with Crippen LogP contribution in [0.4, 0.5) is 11.6 Å². The molecule has 5 rings (SSSR count). The summed E-state index contributed by atoms with van der Waals surface area (Å²) in [7, 11) is 0. The van der Waals surface area contributed by atoms with Crippen molar-refractivity contribution in [2.75, 3.05) is 11.5 Å². The zero-order valence-electron chi connectivity index (χ0n) is 21.7. The van der Waals surface area contributed by atoms with Crippen molar-refractivity contribution < 1.29 is 0 Å². The van der Waals surface area contributed by atoms with E-state index in [2.05, 4.69) is 0 Å². The molecule has 2 aromatic heterocycles. The number of hydrogen-bond acceptors (Lipinski definition) is 8. The van der Waals surface area contributed by atoms with Crippen LogP contribution in [0.3, 0.4) is 0 Å². The molecule has 2 heterocycles. The van der Waals surface area contributed by atoms with Crippen LogP contribution >= 0.6 is 0 Å². The Balaban J connectivity index is 1.71. The number of nitriles is 4. The molecule has 0 atom stereocenters. The fourth-order valence-electron chi connectivity index (χ4n) is 4.87. The van der Waals surface area contributed by atoms with Crippen molar-refractivity contribution in [3.05, 3.63) is 128 Å². The maximum atomic E-state index is 13.5. The standard InChI is InChI=1S/C32H18N8O2/c33-15-23-27(19-7-3-1-4-8-19)25(17-35)31(41)39(29(23)37)21-11-13-22(14-12-21)40-30(38)24(16-34)28(26(18-36)32(40)42)20-9-5-2-6-10-20/h1-14H,37-38H2. The summed E-state index contributed by atoms with van der Waals surface area (Å²) in [5.74, 6) is -0.342. The lowest BCUT2D eigenvalue weighted by Crippen LogP contribution is -2.27. The molecule has 0 fully saturated rings. The molecule has 10 heteroatoms.